The van der Waals surface area contributed by atoms with Crippen LogP contribution in [-0.2, 0) is 4.79 Å². The summed E-state index contributed by atoms with van der Waals surface area (Å²) in [6.45, 7) is 0. The monoisotopic (exact) mass is 494 g/mol. The average Bonchev–Trinajstić information content (AvgIpc) is 2.60. The number of nitriles is 1. The molecular weight excluding hydrogens is 492 g/mol. The summed E-state index contributed by atoms with van der Waals surface area (Å²) in [5.74, 6) is -40.7. The number of hydrogen-bond donors (Lipinski definition) is 1. The Kier molecular flexibility index (Phi) is 5.25. The van der Waals surface area contributed by atoms with Crippen LogP contribution in [0.5, 0.6) is 0 Å². The van der Waals surface area contributed by atoms with E-state index in [9.17, 15) is 53.1 Å². The molecule has 1 N–H and O–H groups in total. The van der Waals surface area contributed by atoms with Gasteiger partial charge in [-0.1, -0.05) is 23.2 Å². The van der Waals surface area contributed by atoms with Crippen molar-refractivity contribution in [2.45, 2.75) is 35.3 Å². The Bertz CT molecular complexity index is 928. The molecule has 166 valence electrons. The van der Waals surface area contributed by atoms with Crippen molar-refractivity contribution in [3.63, 3.8) is 0 Å². The first-order valence-electron chi connectivity index (χ1n) is 7.04. The zero-order valence-corrected chi connectivity index (χ0v) is 14.9. The van der Waals surface area contributed by atoms with Gasteiger partial charge in [-0.3, -0.25) is 4.79 Å². The van der Waals surface area contributed by atoms with Crippen molar-refractivity contribution in [2.75, 3.05) is 5.32 Å². The summed E-state index contributed by atoms with van der Waals surface area (Å²) in [6, 6.07) is 2.44. The number of nitrogens with one attached hydrogen (secondary N) is 1. The molecule has 30 heavy (non-hydrogen) atoms. The number of nitrogens with zero attached hydrogens (tertiary/aromatic N) is 1. The summed E-state index contributed by atoms with van der Waals surface area (Å²) in [6.07, 6.45) is 0. The van der Waals surface area contributed by atoms with Crippen molar-refractivity contribution < 1.29 is 53.1 Å². The smallest absolute Gasteiger partial charge is 0.320 e. The van der Waals surface area contributed by atoms with Gasteiger partial charge in [0.25, 0.3) is 5.91 Å². The quantitative estimate of drug-likeness (QED) is 0.536. The molecule has 0 aromatic heterocycles. The zero-order chi connectivity index (χ0) is 23.7. The number of carbonyl (C=O) groups excluding carboxylic acids is 1. The highest BCUT2D eigenvalue weighted by molar-refractivity contribution is 6.37. The Morgan fingerprint density at radius 1 is 0.800 bits per heavy atom. The zero-order valence-electron chi connectivity index (χ0n) is 13.4. The van der Waals surface area contributed by atoms with E-state index in [1.54, 1.807) is 0 Å². The van der Waals surface area contributed by atoms with Crippen LogP contribution < -0.4 is 5.32 Å². The first kappa shape index (κ1) is 24.3. The van der Waals surface area contributed by atoms with Gasteiger partial charge in [-0.15, -0.1) is 0 Å². The Morgan fingerprint density at radius 3 is 1.60 bits per heavy atom. The van der Waals surface area contributed by atoms with Crippen LogP contribution in [0.15, 0.2) is 12.1 Å². The molecule has 0 aliphatic heterocycles. The predicted molar refractivity (Wildman–Crippen MR) is 78.4 cm³/mol. The van der Waals surface area contributed by atoms with E-state index in [1.165, 1.54) is 6.07 Å². The third-order valence-corrected chi connectivity index (χ3v) is 4.69. The lowest BCUT2D eigenvalue weighted by Crippen LogP contribution is -2.86. The van der Waals surface area contributed by atoms with E-state index in [4.69, 9.17) is 28.5 Å². The van der Waals surface area contributed by atoms with Crippen LogP contribution in [0.4, 0.5) is 54.0 Å². The van der Waals surface area contributed by atoms with Crippen LogP contribution in [0, 0.1) is 11.3 Å². The normalized spacial score (nSPS) is 24.5. The Balaban J connectivity index is 2.76. The maximum atomic E-state index is 14.6. The van der Waals surface area contributed by atoms with Gasteiger partial charge in [0, 0.05) is 5.02 Å². The molecule has 3 nitrogen and oxygen atoms in total. The summed E-state index contributed by atoms with van der Waals surface area (Å²) in [5.41, 5.74) is -9.10. The average molecular weight is 495 g/mol. The van der Waals surface area contributed by atoms with E-state index >= 15 is 0 Å². The fraction of sp³-hybridized carbons (Fsp3) is 0.429. The minimum atomic E-state index is -7.46. The lowest BCUT2D eigenvalue weighted by Gasteiger charge is -2.51. The van der Waals surface area contributed by atoms with Gasteiger partial charge in [0.05, 0.1) is 16.3 Å². The molecular formula is C14H3Cl2F11N2O. The maximum absolute atomic E-state index is 14.6. The van der Waals surface area contributed by atoms with Gasteiger partial charge < -0.3 is 5.32 Å². The number of hydrogen-bond acceptors (Lipinski definition) is 2. The second kappa shape index (κ2) is 6.49. The van der Waals surface area contributed by atoms with Gasteiger partial charge >= 0.3 is 35.3 Å². The van der Waals surface area contributed by atoms with Crippen LogP contribution in [0.1, 0.15) is 5.56 Å². The molecule has 2 rings (SSSR count). The van der Waals surface area contributed by atoms with Gasteiger partial charge in [0.2, 0.25) is 0 Å². The van der Waals surface area contributed by atoms with Crippen molar-refractivity contribution in [3.8, 4) is 6.07 Å². The maximum Gasteiger partial charge on any atom is 0.384 e. The predicted octanol–water partition coefficient (Wildman–Crippen LogP) is 5.70. The van der Waals surface area contributed by atoms with Gasteiger partial charge in [-0.25, -0.2) is 4.39 Å². The summed E-state index contributed by atoms with van der Waals surface area (Å²) in [5, 5.41) is 8.35. The molecule has 0 spiro atoms. The Hall–Kier alpha value is -2.01. The van der Waals surface area contributed by atoms with E-state index < -0.39 is 57.5 Å². The van der Waals surface area contributed by atoms with Crippen LogP contribution in [0.3, 0.4) is 0 Å². The van der Waals surface area contributed by atoms with Crippen LogP contribution in [0.2, 0.25) is 10.0 Å². The number of alkyl halides is 11. The minimum absolute atomic E-state index is 0.365. The molecule has 1 aliphatic carbocycles. The number of halogens is 13. The SMILES string of the molecule is N#Cc1cc(Cl)cc(Cl)c1NC(=O)C1(F)C(F)(F)C(F)(F)C(F)(F)C(F)(F)C1(F)F. The number of carbonyl (C=O) groups is 1. The first-order chi connectivity index (χ1) is 13.3. The van der Waals surface area contributed by atoms with Crippen molar-refractivity contribution in [1.29, 1.82) is 5.26 Å². The van der Waals surface area contributed by atoms with E-state index in [1.807, 2.05) is 0 Å². The van der Waals surface area contributed by atoms with Crippen LogP contribution >= 0.6 is 23.2 Å². The summed E-state index contributed by atoms with van der Waals surface area (Å²) in [7, 11) is 0. The topological polar surface area (TPSA) is 52.9 Å². The van der Waals surface area contributed by atoms with Gasteiger partial charge in [-0.2, -0.15) is 49.2 Å². The highest BCUT2D eigenvalue weighted by Crippen LogP contribution is 2.69. The number of anilines is 1. The van der Waals surface area contributed by atoms with Gasteiger partial charge in [-0.05, 0) is 12.1 Å². The molecule has 1 amide bonds. The fourth-order valence-electron chi connectivity index (χ4n) is 2.49. The van der Waals surface area contributed by atoms with Crippen LogP contribution in [-0.4, -0.2) is 41.2 Å². The molecule has 0 bridgehead atoms. The fourth-order valence-corrected chi connectivity index (χ4v) is 3.04. The molecule has 1 aromatic carbocycles. The Labute approximate surface area is 168 Å². The van der Waals surface area contributed by atoms with Gasteiger partial charge in [0.15, 0.2) is 0 Å². The molecule has 1 aromatic rings. The lowest BCUT2D eigenvalue weighted by atomic mass is 9.71. The van der Waals surface area contributed by atoms with Crippen molar-refractivity contribution in [3.05, 3.63) is 27.7 Å². The molecule has 0 heterocycles. The second-order valence-electron chi connectivity index (χ2n) is 5.91. The van der Waals surface area contributed by atoms with E-state index in [-0.39, 0.29) is 5.02 Å². The minimum Gasteiger partial charge on any atom is -0.320 e. The van der Waals surface area contributed by atoms with Crippen molar-refractivity contribution >= 4 is 34.8 Å². The summed E-state index contributed by atoms with van der Waals surface area (Å²) >= 11 is 10.9. The van der Waals surface area contributed by atoms with E-state index in [2.05, 4.69) is 0 Å². The number of amides is 1. The molecule has 0 saturated heterocycles. The number of rotatable bonds is 2. The van der Waals surface area contributed by atoms with E-state index in [0.717, 1.165) is 5.32 Å². The van der Waals surface area contributed by atoms with E-state index in [0.29, 0.717) is 12.1 Å². The van der Waals surface area contributed by atoms with Crippen molar-refractivity contribution in [1.82, 2.24) is 0 Å². The highest BCUT2D eigenvalue weighted by Gasteiger charge is 3.02. The van der Waals surface area contributed by atoms with Crippen LogP contribution in [0.25, 0.3) is 0 Å². The molecule has 1 saturated carbocycles. The summed E-state index contributed by atoms with van der Waals surface area (Å²) in [4.78, 5) is 11.9. The van der Waals surface area contributed by atoms with Gasteiger partial charge in [0.1, 0.15) is 6.07 Å². The molecule has 0 unspecified atom stereocenters. The third-order valence-electron chi connectivity index (χ3n) is 4.17. The Morgan fingerprint density at radius 2 is 1.20 bits per heavy atom. The molecule has 0 atom stereocenters. The summed E-state index contributed by atoms with van der Waals surface area (Å²) < 4.78 is 150. The molecule has 1 fully saturated rings. The largest absolute Gasteiger partial charge is 0.384 e. The second-order valence-corrected chi connectivity index (χ2v) is 6.75. The first-order valence-corrected chi connectivity index (χ1v) is 7.80. The highest BCUT2D eigenvalue weighted by atomic mass is 35.5. The molecule has 16 heteroatoms. The third kappa shape index (κ3) is 2.54. The lowest BCUT2D eigenvalue weighted by molar-refractivity contribution is -0.475. The standard InChI is InChI=1S/C14H3Cl2F11N2O/c15-5-1-4(3-28)7(6(16)2-5)29-8(30)9(17)10(18,19)12(22,23)14(26,27)13(24,25)11(9,20)21/h1-2H,(H,29,30). The molecule has 1 aliphatic rings. The number of benzene rings is 1. The molecule has 0 radical (unpaired) electrons. The van der Waals surface area contributed by atoms with Crippen molar-refractivity contribution in [2.24, 2.45) is 0 Å².